The summed E-state index contributed by atoms with van der Waals surface area (Å²) < 4.78 is 16.4. The first-order valence-electron chi connectivity index (χ1n) is 13.7. The summed E-state index contributed by atoms with van der Waals surface area (Å²) in [7, 11) is 2.06. The van der Waals surface area contributed by atoms with E-state index in [1.165, 1.54) is 22.2 Å². The maximum atomic E-state index is 14.2. The van der Waals surface area contributed by atoms with Gasteiger partial charge in [-0.05, 0) is 54.4 Å². The minimum absolute atomic E-state index is 0.0861. The highest BCUT2D eigenvalue weighted by Gasteiger charge is 2.27. The molecule has 0 aliphatic carbocycles. The lowest BCUT2D eigenvalue weighted by Crippen LogP contribution is -2.48. The number of anilines is 2. The molecule has 0 N–H and O–H groups in total. The lowest BCUT2D eigenvalue weighted by atomic mass is 10.1. The Labute approximate surface area is 236 Å². The van der Waals surface area contributed by atoms with E-state index in [0.29, 0.717) is 31.9 Å². The number of para-hydroxylation sites is 3. The van der Waals surface area contributed by atoms with E-state index in [1.807, 2.05) is 34.1 Å². The Morgan fingerprint density at radius 2 is 1.68 bits per heavy atom. The highest BCUT2D eigenvalue weighted by molar-refractivity contribution is 7.14. The van der Waals surface area contributed by atoms with Crippen molar-refractivity contribution < 1.29 is 9.18 Å². The monoisotopic (exact) mass is 551 g/mol. The van der Waals surface area contributed by atoms with Gasteiger partial charge in [-0.3, -0.25) is 4.79 Å². The molecule has 1 fully saturated rings. The third kappa shape index (κ3) is 4.42. The average molecular weight is 552 g/mol. The second-order valence-corrected chi connectivity index (χ2v) is 11.6. The lowest BCUT2D eigenvalue weighted by molar-refractivity contribution is 0.0751. The molecule has 202 valence electrons. The molecule has 0 saturated carbocycles. The zero-order valence-corrected chi connectivity index (χ0v) is 23.2. The fourth-order valence-corrected chi connectivity index (χ4v) is 7.05. The standard InChI is InChI=1S/C32H30FN5OS/c1-35-28-12-5-3-10-26(28)34-31(35)22-7-6-8-24(19-22)38-14-13-29-23(21-38)20-30(40-29)32(39)37-17-15-36(16-18-37)27-11-4-2-9-25(27)33/h2-12,19-20H,13-18,21H2,1H3. The second-order valence-electron chi connectivity index (χ2n) is 10.5. The van der Waals surface area contributed by atoms with Gasteiger partial charge in [0.25, 0.3) is 5.91 Å². The van der Waals surface area contributed by atoms with Crippen molar-refractivity contribution in [3.63, 3.8) is 0 Å². The summed E-state index contributed by atoms with van der Waals surface area (Å²) in [6.07, 6.45) is 0.921. The minimum atomic E-state index is -0.211. The number of aryl methyl sites for hydroxylation is 1. The van der Waals surface area contributed by atoms with Crippen LogP contribution in [0.15, 0.2) is 78.9 Å². The van der Waals surface area contributed by atoms with Crippen LogP contribution in [0.25, 0.3) is 22.4 Å². The highest BCUT2D eigenvalue weighted by atomic mass is 32.1. The Morgan fingerprint density at radius 1 is 0.875 bits per heavy atom. The zero-order chi connectivity index (χ0) is 27.2. The molecule has 8 heteroatoms. The summed E-state index contributed by atoms with van der Waals surface area (Å²) in [4.78, 5) is 26.7. The number of fused-ring (bicyclic) bond motifs is 2. The van der Waals surface area contributed by atoms with Gasteiger partial charge in [0.05, 0.1) is 21.6 Å². The third-order valence-corrected chi connectivity index (χ3v) is 9.32. The van der Waals surface area contributed by atoms with Crippen LogP contribution < -0.4 is 9.80 Å². The number of hydrogen-bond acceptors (Lipinski definition) is 5. The van der Waals surface area contributed by atoms with E-state index in [4.69, 9.17) is 4.98 Å². The van der Waals surface area contributed by atoms with Gasteiger partial charge in [0.15, 0.2) is 0 Å². The topological polar surface area (TPSA) is 44.6 Å². The normalized spacial score (nSPS) is 15.5. The van der Waals surface area contributed by atoms with E-state index in [1.54, 1.807) is 23.5 Å². The van der Waals surface area contributed by atoms with Crippen LogP contribution >= 0.6 is 11.3 Å². The van der Waals surface area contributed by atoms with Crippen molar-refractivity contribution in [2.75, 3.05) is 42.5 Å². The fraction of sp³-hybridized carbons (Fsp3) is 0.250. The number of carbonyl (C=O) groups excluding carboxylic acids is 1. The molecule has 2 aliphatic rings. The highest BCUT2D eigenvalue weighted by Crippen LogP contribution is 2.33. The molecule has 5 aromatic rings. The SMILES string of the molecule is Cn1c(-c2cccc(N3CCc4sc(C(=O)N5CCN(c6ccccc6F)CC5)cc4C3)c2)nc2ccccc21. The van der Waals surface area contributed by atoms with Crippen LogP contribution in [0.5, 0.6) is 0 Å². The number of amides is 1. The van der Waals surface area contributed by atoms with Crippen LogP contribution in [0.4, 0.5) is 15.8 Å². The number of aromatic nitrogens is 2. The third-order valence-electron chi connectivity index (χ3n) is 8.09. The van der Waals surface area contributed by atoms with E-state index in [0.717, 1.165) is 46.8 Å². The zero-order valence-electron chi connectivity index (χ0n) is 22.4. The van der Waals surface area contributed by atoms with Gasteiger partial charge in [0.1, 0.15) is 11.6 Å². The summed E-state index contributed by atoms with van der Waals surface area (Å²) in [5, 5.41) is 0. The van der Waals surface area contributed by atoms with Crippen LogP contribution in [0.1, 0.15) is 20.1 Å². The van der Waals surface area contributed by atoms with Gasteiger partial charge < -0.3 is 19.3 Å². The Bertz CT molecular complexity index is 1720. The molecule has 3 aromatic carbocycles. The molecule has 2 aromatic heterocycles. The van der Waals surface area contributed by atoms with Crippen molar-refractivity contribution in [3.8, 4) is 11.4 Å². The van der Waals surface area contributed by atoms with Gasteiger partial charge in [-0.25, -0.2) is 9.37 Å². The Kier molecular flexibility index (Phi) is 6.27. The van der Waals surface area contributed by atoms with Gasteiger partial charge >= 0.3 is 0 Å². The van der Waals surface area contributed by atoms with Gasteiger partial charge in [0, 0.05) is 62.4 Å². The number of benzene rings is 3. The minimum Gasteiger partial charge on any atom is -0.367 e. The van der Waals surface area contributed by atoms with Crippen LogP contribution in [0, 0.1) is 5.82 Å². The first-order valence-corrected chi connectivity index (χ1v) is 14.5. The van der Waals surface area contributed by atoms with E-state index in [9.17, 15) is 9.18 Å². The molecule has 2 aliphatic heterocycles. The first-order chi connectivity index (χ1) is 19.5. The summed E-state index contributed by atoms with van der Waals surface area (Å²) in [5.74, 6) is 0.832. The van der Waals surface area contributed by atoms with Gasteiger partial charge in [-0.2, -0.15) is 0 Å². The average Bonchev–Trinajstić information content (AvgIpc) is 3.58. The molecule has 0 bridgehead atoms. The quantitative estimate of drug-likeness (QED) is 0.276. The summed E-state index contributed by atoms with van der Waals surface area (Å²) in [6.45, 7) is 4.15. The number of rotatable bonds is 4. The summed E-state index contributed by atoms with van der Waals surface area (Å²) >= 11 is 1.63. The van der Waals surface area contributed by atoms with Crippen molar-refractivity contribution in [1.29, 1.82) is 0 Å². The summed E-state index contributed by atoms with van der Waals surface area (Å²) in [5.41, 5.74) is 6.22. The molecule has 6 nitrogen and oxygen atoms in total. The van der Waals surface area contributed by atoms with E-state index in [-0.39, 0.29) is 11.7 Å². The maximum absolute atomic E-state index is 14.2. The number of nitrogens with zero attached hydrogens (tertiary/aromatic N) is 5. The number of hydrogen-bond donors (Lipinski definition) is 0. The van der Waals surface area contributed by atoms with Gasteiger partial charge in [-0.1, -0.05) is 36.4 Å². The van der Waals surface area contributed by atoms with E-state index < -0.39 is 0 Å². The Morgan fingerprint density at radius 3 is 2.50 bits per heavy atom. The number of halogens is 1. The molecule has 40 heavy (non-hydrogen) atoms. The number of carbonyl (C=O) groups is 1. The fourth-order valence-electron chi connectivity index (χ4n) is 5.92. The largest absolute Gasteiger partial charge is 0.367 e. The molecule has 0 unspecified atom stereocenters. The van der Waals surface area contributed by atoms with Crippen molar-refractivity contribution in [2.45, 2.75) is 13.0 Å². The van der Waals surface area contributed by atoms with Crippen molar-refractivity contribution in [2.24, 2.45) is 7.05 Å². The number of thiophene rings is 1. The maximum Gasteiger partial charge on any atom is 0.264 e. The van der Waals surface area contributed by atoms with Crippen LogP contribution in [-0.4, -0.2) is 53.1 Å². The molecule has 0 spiro atoms. The molecule has 4 heterocycles. The van der Waals surface area contributed by atoms with E-state index in [2.05, 4.69) is 52.9 Å². The Balaban J connectivity index is 1.05. The molecule has 0 atom stereocenters. The molecular weight excluding hydrogens is 521 g/mol. The lowest BCUT2D eigenvalue weighted by Gasteiger charge is -2.36. The smallest absolute Gasteiger partial charge is 0.264 e. The van der Waals surface area contributed by atoms with Crippen LogP contribution in [-0.2, 0) is 20.0 Å². The van der Waals surface area contributed by atoms with Gasteiger partial charge in [-0.15, -0.1) is 11.3 Å². The van der Waals surface area contributed by atoms with E-state index >= 15 is 0 Å². The molecule has 1 amide bonds. The predicted molar refractivity (Wildman–Crippen MR) is 160 cm³/mol. The molecular formula is C32H30FN5OS. The number of imidazole rings is 1. The van der Waals surface area contributed by atoms with Gasteiger partial charge in [0.2, 0.25) is 0 Å². The summed E-state index contributed by atoms with van der Waals surface area (Å²) in [6, 6.07) is 25.8. The number of piperazine rings is 1. The predicted octanol–water partition coefficient (Wildman–Crippen LogP) is 5.97. The Hall–Kier alpha value is -4.17. The van der Waals surface area contributed by atoms with Crippen molar-refractivity contribution in [3.05, 3.63) is 100.0 Å². The first kappa shape index (κ1) is 24.8. The molecule has 0 radical (unpaired) electrons. The second kappa shape index (κ2) is 10.1. The van der Waals surface area contributed by atoms with Crippen LogP contribution in [0.2, 0.25) is 0 Å². The molecule has 7 rings (SSSR count). The van der Waals surface area contributed by atoms with Crippen LogP contribution in [0.3, 0.4) is 0 Å². The van der Waals surface area contributed by atoms with Crippen molar-refractivity contribution in [1.82, 2.24) is 14.5 Å². The molecule has 1 saturated heterocycles. The van der Waals surface area contributed by atoms with Crippen molar-refractivity contribution >= 4 is 39.7 Å².